The molecule has 28 heavy (non-hydrogen) atoms. The number of hydrogen-bond donors (Lipinski definition) is 1. The minimum absolute atomic E-state index is 0.0541. The van der Waals surface area contributed by atoms with E-state index < -0.39 is 23.6 Å². The molecule has 0 saturated heterocycles. The summed E-state index contributed by atoms with van der Waals surface area (Å²) in [5.41, 5.74) is 6.44. The lowest BCUT2D eigenvalue weighted by Gasteiger charge is -2.30. The molecular weight excluding hydrogens is 362 g/mol. The van der Waals surface area contributed by atoms with Gasteiger partial charge in [-0.2, -0.15) is 0 Å². The fraction of sp³-hybridized carbons (Fsp3) is 0.143. The van der Waals surface area contributed by atoms with Crippen molar-refractivity contribution in [3.8, 4) is 5.75 Å². The molecule has 2 N–H and O–H groups in total. The maximum absolute atomic E-state index is 13.1. The topological polar surface area (TPSA) is 113 Å². The van der Waals surface area contributed by atoms with Gasteiger partial charge in [0, 0.05) is 17.0 Å². The molecule has 0 fully saturated rings. The zero-order valence-electron chi connectivity index (χ0n) is 14.6. The molecule has 7 heteroatoms. The van der Waals surface area contributed by atoms with Gasteiger partial charge >= 0.3 is 5.97 Å². The largest absolute Gasteiger partial charge is 0.484 e. The molecule has 0 bridgehead atoms. The van der Waals surface area contributed by atoms with E-state index in [4.69, 9.17) is 15.2 Å². The number of allylic oxidation sites excluding steroid dienone is 2. The van der Waals surface area contributed by atoms with Gasteiger partial charge in [-0.25, -0.2) is 0 Å². The van der Waals surface area contributed by atoms with E-state index in [0.29, 0.717) is 16.9 Å². The monoisotopic (exact) mass is 377 g/mol. The predicted molar refractivity (Wildman–Crippen MR) is 96.7 cm³/mol. The first-order valence-electron chi connectivity index (χ1n) is 8.60. The Kier molecular flexibility index (Phi) is 4.27. The SMILES string of the molecule is NC(=O)COc1ccc(C2CC(=O)OC3=C2C(=O)c2ccccc2C3=O)cc1. The number of carbonyl (C=O) groups is 4. The fourth-order valence-electron chi connectivity index (χ4n) is 3.45. The van der Waals surface area contributed by atoms with Gasteiger partial charge < -0.3 is 15.2 Å². The van der Waals surface area contributed by atoms with Gasteiger partial charge in [-0.1, -0.05) is 36.4 Å². The molecule has 1 amide bonds. The van der Waals surface area contributed by atoms with Crippen LogP contribution in [-0.2, 0) is 14.3 Å². The first kappa shape index (κ1) is 17.7. The summed E-state index contributed by atoms with van der Waals surface area (Å²) in [6.07, 6.45) is -0.0541. The second-order valence-electron chi connectivity index (χ2n) is 6.50. The highest BCUT2D eigenvalue weighted by Crippen LogP contribution is 2.41. The molecular formula is C21H15NO6. The predicted octanol–water partition coefficient (Wildman–Crippen LogP) is 1.91. The van der Waals surface area contributed by atoms with Crippen molar-refractivity contribution in [2.75, 3.05) is 6.61 Å². The van der Waals surface area contributed by atoms with Gasteiger partial charge in [0.15, 0.2) is 18.1 Å². The smallest absolute Gasteiger partial charge is 0.312 e. The van der Waals surface area contributed by atoms with Crippen LogP contribution in [0.5, 0.6) is 5.75 Å². The van der Waals surface area contributed by atoms with Crippen LogP contribution in [0.15, 0.2) is 59.9 Å². The maximum Gasteiger partial charge on any atom is 0.312 e. The Hall–Kier alpha value is -3.74. The average molecular weight is 377 g/mol. The molecule has 7 nitrogen and oxygen atoms in total. The number of benzene rings is 2. The zero-order valence-corrected chi connectivity index (χ0v) is 14.6. The van der Waals surface area contributed by atoms with Crippen LogP contribution >= 0.6 is 0 Å². The van der Waals surface area contributed by atoms with Crippen LogP contribution in [0.3, 0.4) is 0 Å². The van der Waals surface area contributed by atoms with Crippen molar-refractivity contribution < 1.29 is 28.7 Å². The Balaban J connectivity index is 1.73. The first-order valence-corrected chi connectivity index (χ1v) is 8.60. The maximum atomic E-state index is 13.1. The van der Waals surface area contributed by atoms with Crippen LogP contribution < -0.4 is 10.5 Å². The van der Waals surface area contributed by atoms with Gasteiger partial charge in [-0.15, -0.1) is 0 Å². The summed E-state index contributed by atoms with van der Waals surface area (Å²) in [7, 11) is 0. The summed E-state index contributed by atoms with van der Waals surface area (Å²) < 4.78 is 10.4. The third-order valence-electron chi connectivity index (χ3n) is 4.71. The minimum atomic E-state index is -0.605. The number of Topliss-reactive ketones (excluding diaryl/α,β-unsaturated/α-hetero) is 2. The number of carbonyl (C=O) groups excluding carboxylic acids is 4. The molecule has 2 aliphatic rings. The molecule has 2 aromatic carbocycles. The number of primary amides is 1. The molecule has 1 aliphatic heterocycles. The van der Waals surface area contributed by atoms with Gasteiger partial charge in [0.05, 0.1) is 12.0 Å². The van der Waals surface area contributed by atoms with E-state index in [9.17, 15) is 19.2 Å². The molecule has 140 valence electrons. The molecule has 0 spiro atoms. The van der Waals surface area contributed by atoms with E-state index in [-0.39, 0.29) is 35.7 Å². The zero-order chi connectivity index (χ0) is 19.8. The van der Waals surface area contributed by atoms with E-state index in [1.165, 1.54) is 0 Å². The lowest BCUT2D eigenvalue weighted by molar-refractivity contribution is -0.140. The summed E-state index contributed by atoms with van der Waals surface area (Å²) in [5.74, 6) is -2.34. The third kappa shape index (κ3) is 2.96. The number of ether oxygens (including phenoxy) is 2. The quantitative estimate of drug-likeness (QED) is 0.815. The Morgan fingerprint density at radius 2 is 1.64 bits per heavy atom. The van der Waals surface area contributed by atoms with E-state index in [0.717, 1.165) is 0 Å². The van der Waals surface area contributed by atoms with Crippen molar-refractivity contribution >= 4 is 23.4 Å². The van der Waals surface area contributed by atoms with E-state index in [1.807, 2.05) is 0 Å². The van der Waals surface area contributed by atoms with Crippen LogP contribution in [0.4, 0.5) is 0 Å². The van der Waals surface area contributed by atoms with Crippen LogP contribution in [-0.4, -0.2) is 30.0 Å². The molecule has 2 aromatic rings. The molecule has 1 heterocycles. The number of rotatable bonds is 4. The van der Waals surface area contributed by atoms with E-state index >= 15 is 0 Å². The van der Waals surface area contributed by atoms with Gasteiger partial charge in [-0.05, 0) is 17.7 Å². The van der Waals surface area contributed by atoms with Crippen molar-refractivity contribution in [2.24, 2.45) is 5.73 Å². The van der Waals surface area contributed by atoms with Crippen molar-refractivity contribution in [1.29, 1.82) is 0 Å². The second-order valence-corrected chi connectivity index (χ2v) is 6.50. The highest BCUT2D eigenvalue weighted by Gasteiger charge is 2.42. The average Bonchev–Trinajstić information content (AvgIpc) is 2.70. The molecule has 1 unspecified atom stereocenters. The van der Waals surface area contributed by atoms with Gasteiger partial charge in [0.25, 0.3) is 5.91 Å². The number of amides is 1. The number of nitrogens with two attached hydrogens (primary N) is 1. The van der Waals surface area contributed by atoms with E-state index in [2.05, 4.69) is 0 Å². The van der Waals surface area contributed by atoms with Crippen molar-refractivity contribution in [3.05, 3.63) is 76.6 Å². The highest BCUT2D eigenvalue weighted by atomic mass is 16.5. The molecule has 1 atom stereocenters. The number of hydrogen-bond acceptors (Lipinski definition) is 6. The summed E-state index contributed by atoms with van der Waals surface area (Å²) in [6, 6.07) is 13.1. The molecule has 0 radical (unpaired) electrons. The van der Waals surface area contributed by atoms with Gasteiger partial charge in [0.1, 0.15) is 5.75 Å². The van der Waals surface area contributed by atoms with Gasteiger partial charge in [-0.3, -0.25) is 19.2 Å². The van der Waals surface area contributed by atoms with Crippen LogP contribution in [0, 0.1) is 0 Å². The summed E-state index contributed by atoms with van der Waals surface area (Å²) in [5, 5.41) is 0. The number of fused-ring (bicyclic) bond motifs is 1. The lowest BCUT2D eigenvalue weighted by Crippen LogP contribution is -2.32. The molecule has 1 aliphatic carbocycles. The minimum Gasteiger partial charge on any atom is -0.484 e. The summed E-state index contributed by atoms with van der Waals surface area (Å²) in [4.78, 5) is 48.8. The van der Waals surface area contributed by atoms with Crippen molar-refractivity contribution in [1.82, 2.24) is 0 Å². The Morgan fingerprint density at radius 3 is 2.29 bits per heavy atom. The van der Waals surface area contributed by atoms with Crippen LogP contribution in [0.2, 0.25) is 0 Å². The second kappa shape index (κ2) is 6.77. The fourth-order valence-corrected chi connectivity index (χ4v) is 3.45. The standard InChI is InChI=1S/C21H15NO6/c22-16(23)10-27-12-7-5-11(6-8-12)15-9-17(24)28-21-18(15)19(25)13-3-1-2-4-14(13)20(21)26/h1-8,15H,9-10H2,(H2,22,23). The van der Waals surface area contributed by atoms with Crippen LogP contribution in [0.1, 0.15) is 38.6 Å². The Bertz CT molecular complexity index is 1050. The normalized spacial score (nSPS) is 18.3. The number of ketones is 2. The Morgan fingerprint density at radius 1 is 1.00 bits per heavy atom. The van der Waals surface area contributed by atoms with Gasteiger partial charge in [0.2, 0.25) is 5.78 Å². The summed E-state index contributed by atoms with van der Waals surface area (Å²) >= 11 is 0. The molecule has 0 aromatic heterocycles. The van der Waals surface area contributed by atoms with Crippen molar-refractivity contribution in [2.45, 2.75) is 12.3 Å². The first-order chi connectivity index (χ1) is 13.5. The third-order valence-corrected chi connectivity index (χ3v) is 4.71. The van der Waals surface area contributed by atoms with Crippen LogP contribution in [0.25, 0.3) is 0 Å². The molecule has 4 rings (SSSR count). The van der Waals surface area contributed by atoms with Crippen molar-refractivity contribution in [3.63, 3.8) is 0 Å². The lowest BCUT2D eigenvalue weighted by atomic mass is 9.77. The summed E-state index contributed by atoms with van der Waals surface area (Å²) in [6.45, 7) is -0.256. The molecule has 0 saturated carbocycles. The highest BCUT2D eigenvalue weighted by molar-refractivity contribution is 6.27. The number of esters is 1. The Labute approximate surface area is 159 Å². The van der Waals surface area contributed by atoms with E-state index in [1.54, 1.807) is 48.5 Å².